The van der Waals surface area contributed by atoms with Crippen molar-refractivity contribution in [3.63, 3.8) is 0 Å². The van der Waals surface area contributed by atoms with Crippen molar-refractivity contribution in [2.75, 3.05) is 26.4 Å². The maximum atomic E-state index is 11.5. The molecule has 0 bridgehead atoms. The van der Waals surface area contributed by atoms with Crippen molar-refractivity contribution in [3.05, 3.63) is 0 Å². The summed E-state index contributed by atoms with van der Waals surface area (Å²) < 4.78 is 10.3. The van der Waals surface area contributed by atoms with Gasteiger partial charge in [-0.25, -0.2) is 9.59 Å². The Morgan fingerprint density at radius 1 is 0.553 bits per heavy atom. The van der Waals surface area contributed by atoms with Gasteiger partial charge in [-0.1, -0.05) is 0 Å². The SMILES string of the molecule is CC(=O)CCCOCCC(C)=O.O=C(CCCOCCC(=O)ON1C(=O)CCC1=O)ON1C(=O)CCC1=O. The molecule has 38 heavy (non-hydrogen) atoms. The number of hydrogen-bond donors (Lipinski definition) is 0. The van der Waals surface area contributed by atoms with E-state index in [1.54, 1.807) is 13.8 Å². The van der Waals surface area contributed by atoms with Gasteiger partial charge in [-0.05, 0) is 26.7 Å². The van der Waals surface area contributed by atoms with Crippen LogP contribution in [-0.2, 0) is 57.5 Å². The van der Waals surface area contributed by atoms with Crippen molar-refractivity contribution in [2.24, 2.45) is 0 Å². The number of hydrogen-bond acceptors (Lipinski definition) is 12. The van der Waals surface area contributed by atoms with Gasteiger partial charge in [0.15, 0.2) is 0 Å². The topological polar surface area (TPSA) is 180 Å². The number of carbonyl (C=O) groups is 8. The van der Waals surface area contributed by atoms with Crippen molar-refractivity contribution in [1.82, 2.24) is 10.1 Å². The van der Waals surface area contributed by atoms with Gasteiger partial charge >= 0.3 is 11.9 Å². The Balaban J connectivity index is 0.000000508. The second kappa shape index (κ2) is 17.9. The average Bonchev–Trinajstić information content (AvgIpc) is 3.33. The minimum absolute atomic E-state index is 0.0206. The summed E-state index contributed by atoms with van der Waals surface area (Å²) in [6.07, 6.45) is 1.91. The number of ether oxygens (including phenoxy) is 2. The highest BCUT2D eigenvalue weighted by Crippen LogP contribution is 2.14. The summed E-state index contributed by atoms with van der Waals surface area (Å²) >= 11 is 0. The zero-order valence-electron chi connectivity index (χ0n) is 21.7. The van der Waals surface area contributed by atoms with E-state index in [-0.39, 0.29) is 69.7 Å². The molecule has 2 saturated heterocycles. The Morgan fingerprint density at radius 3 is 1.34 bits per heavy atom. The first kappa shape index (κ1) is 32.5. The van der Waals surface area contributed by atoms with E-state index in [9.17, 15) is 38.4 Å². The van der Waals surface area contributed by atoms with Crippen LogP contribution in [0.3, 0.4) is 0 Å². The Bertz CT molecular complexity index is 797. The number of Topliss-reactive ketones (excluding diaryl/α,β-unsaturated/α-hetero) is 2. The van der Waals surface area contributed by atoms with Crippen LogP contribution in [-0.4, -0.2) is 83.7 Å². The van der Waals surface area contributed by atoms with E-state index in [0.717, 1.165) is 6.42 Å². The van der Waals surface area contributed by atoms with E-state index in [2.05, 4.69) is 9.68 Å². The molecule has 14 nitrogen and oxygen atoms in total. The highest BCUT2D eigenvalue weighted by Gasteiger charge is 2.33. The first-order chi connectivity index (χ1) is 18.0. The molecule has 2 fully saturated rings. The molecule has 4 amide bonds. The van der Waals surface area contributed by atoms with E-state index in [4.69, 9.17) is 9.47 Å². The summed E-state index contributed by atoms with van der Waals surface area (Å²) in [5.74, 6) is -3.40. The fourth-order valence-electron chi connectivity index (χ4n) is 2.93. The lowest BCUT2D eigenvalue weighted by molar-refractivity contribution is -0.198. The summed E-state index contributed by atoms with van der Waals surface area (Å²) in [5.41, 5.74) is 0. The molecule has 0 spiro atoms. The summed E-state index contributed by atoms with van der Waals surface area (Å²) in [7, 11) is 0. The summed E-state index contributed by atoms with van der Waals surface area (Å²) in [5, 5.41) is 0.930. The van der Waals surface area contributed by atoms with Gasteiger partial charge < -0.3 is 23.9 Å². The maximum Gasteiger partial charge on any atom is 0.335 e. The molecule has 0 unspecified atom stereocenters. The molecule has 212 valence electrons. The van der Waals surface area contributed by atoms with Crippen molar-refractivity contribution >= 4 is 47.1 Å². The number of rotatable bonds is 16. The Morgan fingerprint density at radius 2 is 0.921 bits per heavy atom. The van der Waals surface area contributed by atoms with Gasteiger partial charge in [0.1, 0.15) is 11.6 Å². The Kier molecular flexibility index (Phi) is 15.3. The highest BCUT2D eigenvalue weighted by atomic mass is 16.7. The van der Waals surface area contributed by atoms with E-state index < -0.39 is 35.6 Å². The quantitative estimate of drug-likeness (QED) is 0.197. The monoisotopic (exact) mass is 542 g/mol. The van der Waals surface area contributed by atoms with E-state index in [0.29, 0.717) is 36.2 Å². The van der Waals surface area contributed by atoms with E-state index >= 15 is 0 Å². The lowest BCUT2D eigenvalue weighted by Gasteiger charge is -2.13. The van der Waals surface area contributed by atoms with Gasteiger partial charge in [-0.3, -0.25) is 24.0 Å². The normalized spacial score (nSPS) is 14.9. The van der Waals surface area contributed by atoms with E-state index in [1.807, 2.05) is 0 Å². The molecule has 2 aliphatic heterocycles. The second-order valence-corrected chi connectivity index (χ2v) is 8.43. The lowest BCUT2D eigenvalue weighted by Crippen LogP contribution is -2.32. The van der Waals surface area contributed by atoms with Crippen LogP contribution in [0.4, 0.5) is 0 Å². The largest absolute Gasteiger partial charge is 0.381 e. The predicted octanol–water partition coefficient (Wildman–Crippen LogP) is 0.739. The third-order valence-corrected chi connectivity index (χ3v) is 4.93. The van der Waals surface area contributed by atoms with Crippen molar-refractivity contribution < 1.29 is 57.5 Å². The molecule has 2 rings (SSSR count). The maximum absolute atomic E-state index is 11.5. The third-order valence-electron chi connectivity index (χ3n) is 4.93. The van der Waals surface area contributed by atoms with Crippen LogP contribution in [0.1, 0.15) is 78.1 Å². The minimum atomic E-state index is -0.779. The molecular weight excluding hydrogens is 508 g/mol. The van der Waals surface area contributed by atoms with Crippen LogP contribution in [0.25, 0.3) is 0 Å². The van der Waals surface area contributed by atoms with Gasteiger partial charge in [0.2, 0.25) is 0 Å². The van der Waals surface area contributed by atoms with E-state index in [1.165, 1.54) is 0 Å². The number of hydroxylamine groups is 4. The van der Waals surface area contributed by atoms with Crippen LogP contribution in [0, 0.1) is 0 Å². The smallest absolute Gasteiger partial charge is 0.335 e. The number of carbonyl (C=O) groups excluding carboxylic acids is 8. The van der Waals surface area contributed by atoms with Crippen LogP contribution < -0.4 is 0 Å². The Hall–Kier alpha value is -3.52. The first-order valence-electron chi connectivity index (χ1n) is 12.3. The second-order valence-electron chi connectivity index (χ2n) is 8.43. The number of nitrogens with zero attached hydrogens (tertiary/aromatic N) is 2. The summed E-state index contributed by atoms with van der Waals surface area (Å²) in [6, 6.07) is 0. The van der Waals surface area contributed by atoms with Gasteiger partial charge in [0.25, 0.3) is 23.6 Å². The molecule has 0 aromatic rings. The summed E-state index contributed by atoms with van der Waals surface area (Å²) in [6.45, 7) is 4.27. The predicted molar refractivity (Wildman–Crippen MR) is 125 cm³/mol. The molecule has 0 aromatic heterocycles. The van der Waals surface area contributed by atoms with Crippen LogP contribution in [0.2, 0.25) is 0 Å². The molecule has 0 aliphatic carbocycles. The number of amides is 4. The van der Waals surface area contributed by atoms with Crippen LogP contribution >= 0.6 is 0 Å². The van der Waals surface area contributed by atoms with Crippen LogP contribution in [0.5, 0.6) is 0 Å². The van der Waals surface area contributed by atoms with Crippen molar-refractivity contribution in [2.45, 2.75) is 78.1 Å². The Labute approximate surface area is 219 Å². The van der Waals surface area contributed by atoms with Crippen molar-refractivity contribution in [1.29, 1.82) is 0 Å². The highest BCUT2D eigenvalue weighted by molar-refractivity contribution is 6.02. The van der Waals surface area contributed by atoms with Gasteiger partial charge in [0, 0.05) is 51.7 Å². The zero-order chi connectivity index (χ0) is 28.5. The molecule has 2 heterocycles. The molecule has 2 aliphatic rings. The van der Waals surface area contributed by atoms with Gasteiger partial charge in [-0.15, -0.1) is 10.1 Å². The molecule has 0 radical (unpaired) electrons. The van der Waals surface area contributed by atoms with Gasteiger partial charge in [-0.2, -0.15) is 0 Å². The fourth-order valence-corrected chi connectivity index (χ4v) is 2.93. The minimum Gasteiger partial charge on any atom is -0.381 e. The molecular formula is C24H34N2O12. The van der Waals surface area contributed by atoms with Crippen LogP contribution in [0.15, 0.2) is 0 Å². The third kappa shape index (κ3) is 13.7. The standard InChI is InChI=1S/C15H18N2O9.C9H16O3/c18-10-3-4-11(19)16(10)25-14(22)2-1-8-24-9-7-15(23)26-17-12(20)5-6-13(17)21;1-8(10)4-3-6-12-7-5-9(2)11/h1-9H2;3-7H2,1-2H3. The number of ketones is 2. The molecule has 0 saturated carbocycles. The fraction of sp³-hybridized carbons (Fsp3) is 0.667. The molecule has 0 aromatic carbocycles. The molecule has 0 N–H and O–H groups in total. The lowest BCUT2D eigenvalue weighted by atomic mass is 10.2. The summed E-state index contributed by atoms with van der Waals surface area (Å²) in [4.78, 5) is 98.4. The molecule has 14 heteroatoms. The number of imide groups is 2. The molecule has 0 atom stereocenters. The van der Waals surface area contributed by atoms with Crippen molar-refractivity contribution in [3.8, 4) is 0 Å². The van der Waals surface area contributed by atoms with Gasteiger partial charge in [0.05, 0.1) is 26.1 Å². The zero-order valence-corrected chi connectivity index (χ0v) is 21.7. The first-order valence-corrected chi connectivity index (χ1v) is 12.3. The average molecular weight is 543 g/mol.